The first-order chi connectivity index (χ1) is 8.17. The standard InChI is InChI=1S/C13H18N2O2/c1-9(2)15-7-10(8-17-14)12-5-4-11(16-3)6-13(12)15/h4-7,9H,8,14H2,1-3H3. The first-order valence-corrected chi connectivity index (χ1v) is 5.66. The molecule has 4 nitrogen and oxygen atoms in total. The van der Waals surface area contributed by atoms with Crippen LogP contribution in [-0.2, 0) is 11.4 Å². The van der Waals surface area contributed by atoms with E-state index in [1.54, 1.807) is 7.11 Å². The number of fused-ring (bicyclic) bond motifs is 1. The van der Waals surface area contributed by atoms with Gasteiger partial charge in [0.05, 0.1) is 19.2 Å². The van der Waals surface area contributed by atoms with Gasteiger partial charge in [-0.2, -0.15) is 0 Å². The van der Waals surface area contributed by atoms with Crippen LogP contribution in [0.4, 0.5) is 0 Å². The van der Waals surface area contributed by atoms with Crippen LogP contribution in [-0.4, -0.2) is 11.7 Å². The molecule has 0 fully saturated rings. The zero-order valence-corrected chi connectivity index (χ0v) is 10.4. The molecule has 0 bridgehead atoms. The highest BCUT2D eigenvalue weighted by atomic mass is 16.6. The van der Waals surface area contributed by atoms with Gasteiger partial charge in [-0.05, 0) is 26.0 Å². The Morgan fingerprint density at radius 2 is 2.12 bits per heavy atom. The highest BCUT2D eigenvalue weighted by Gasteiger charge is 2.11. The highest BCUT2D eigenvalue weighted by Crippen LogP contribution is 2.28. The Balaban J connectivity index is 2.63. The maximum absolute atomic E-state index is 5.26. The van der Waals surface area contributed by atoms with Gasteiger partial charge in [0.25, 0.3) is 0 Å². The molecule has 0 spiro atoms. The summed E-state index contributed by atoms with van der Waals surface area (Å²) in [5, 5.41) is 1.16. The molecule has 0 aliphatic rings. The van der Waals surface area contributed by atoms with Crippen LogP contribution in [0.15, 0.2) is 24.4 Å². The lowest BCUT2D eigenvalue weighted by molar-refractivity contribution is 0.125. The fourth-order valence-corrected chi connectivity index (χ4v) is 2.06. The summed E-state index contributed by atoms with van der Waals surface area (Å²) in [6, 6.07) is 6.42. The minimum atomic E-state index is 0.385. The molecule has 2 N–H and O–H groups in total. The van der Waals surface area contributed by atoms with Crippen LogP contribution in [0.5, 0.6) is 5.75 Å². The maximum Gasteiger partial charge on any atom is 0.120 e. The van der Waals surface area contributed by atoms with Crippen molar-refractivity contribution in [2.45, 2.75) is 26.5 Å². The minimum Gasteiger partial charge on any atom is -0.497 e. The molecule has 0 aliphatic carbocycles. The molecule has 0 unspecified atom stereocenters. The number of nitrogens with zero attached hydrogens (tertiary/aromatic N) is 1. The first kappa shape index (κ1) is 12.0. The molecule has 2 aromatic rings. The minimum absolute atomic E-state index is 0.385. The van der Waals surface area contributed by atoms with Crippen molar-refractivity contribution in [1.82, 2.24) is 4.57 Å². The van der Waals surface area contributed by atoms with E-state index in [0.29, 0.717) is 12.6 Å². The average Bonchev–Trinajstić information content (AvgIpc) is 2.68. The number of nitrogens with two attached hydrogens (primary N) is 1. The van der Waals surface area contributed by atoms with E-state index in [2.05, 4.69) is 24.6 Å². The van der Waals surface area contributed by atoms with Crippen LogP contribution in [0.2, 0.25) is 0 Å². The molecule has 0 saturated carbocycles. The Kier molecular flexibility index (Phi) is 3.36. The summed E-state index contributed by atoms with van der Waals surface area (Å²) in [6.07, 6.45) is 2.08. The van der Waals surface area contributed by atoms with Crippen molar-refractivity contribution in [1.29, 1.82) is 0 Å². The summed E-state index contributed by atoms with van der Waals surface area (Å²) in [5.74, 6) is 6.02. The van der Waals surface area contributed by atoms with E-state index in [1.165, 1.54) is 0 Å². The van der Waals surface area contributed by atoms with Gasteiger partial charge < -0.3 is 9.30 Å². The summed E-state index contributed by atoms with van der Waals surface area (Å²) < 4.78 is 7.46. The third-order valence-electron chi connectivity index (χ3n) is 2.92. The van der Waals surface area contributed by atoms with Gasteiger partial charge in [0.15, 0.2) is 0 Å². The van der Waals surface area contributed by atoms with Crippen molar-refractivity contribution < 1.29 is 9.57 Å². The second-order valence-corrected chi connectivity index (χ2v) is 4.35. The lowest BCUT2D eigenvalue weighted by Crippen LogP contribution is -1.99. The van der Waals surface area contributed by atoms with Crippen LogP contribution in [0.1, 0.15) is 25.5 Å². The van der Waals surface area contributed by atoms with Crippen molar-refractivity contribution in [2.24, 2.45) is 5.90 Å². The van der Waals surface area contributed by atoms with E-state index in [9.17, 15) is 0 Å². The number of methoxy groups -OCH3 is 1. The molecular weight excluding hydrogens is 216 g/mol. The van der Waals surface area contributed by atoms with Gasteiger partial charge in [-0.25, -0.2) is 5.90 Å². The molecule has 0 radical (unpaired) electrons. The lowest BCUT2D eigenvalue weighted by Gasteiger charge is -2.09. The molecule has 0 saturated heterocycles. The zero-order chi connectivity index (χ0) is 12.4. The topological polar surface area (TPSA) is 49.4 Å². The van der Waals surface area contributed by atoms with Crippen LogP contribution in [0.25, 0.3) is 10.9 Å². The quantitative estimate of drug-likeness (QED) is 0.827. The Labute approximate surface area is 101 Å². The van der Waals surface area contributed by atoms with Gasteiger partial charge in [0, 0.05) is 29.3 Å². The Morgan fingerprint density at radius 1 is 1.35 bits per heavy atom. The predicted octanol–water partition coefficient (Wildman–Crippen LogP) is 2.62. The number of hydrogen-bond donors (Lipinski definition) is 1. The zero-order valence-electron chi connectivity index (χ0n) is 10.4. The molecule has 1 aromatic heterocycles. The summed E-state index contributed by atoms with van der Waals surface area (Å²) in [4.78, 5) is 4.74. The monoisotopic (exact) mass is 234 g/mol. The molecular formula is C13H18N2O2. The molecule has 1 aromatic carbocycles. The van der Waals surface area contributed by atoms with Crippen molar-refractivity contribution >= 4 is 10.9 Å². The summed E-state index contributed by atoms with van der Waals surface area (Å²) in [6.45, 7) is 4.71. The number of aromatic nitrogens is 1. The summed E-state index contributed by atoms with van der Waals surface area (Å²) in [5.41, 5.74) is 2.24. The molecule has 0 amide bonds. The first-order valence-electron chi connectivity index (χ1n) is 5.66. The van der Waals surface area contributed by atoms with Gasteiger partial charge >= 0.3 is 0 Å². The van der Waals surface area contributed by atoms with Gasteiger partial charge in [0.1, 0.15) is 5.75 Å². The number of ether oxygens (including phenoxy) is 1. The normalized spacial score (nSPS) is 11.4. The van der Waals surface area contributed by atoms with Crippen molar-refractivity contribution in [2.75, 3.05) is 7.11 Å². The Bertz CT molecular complexity index is 517. The van der Waals surface area contributed by atoms with Gasteiger partial charge in [0.2, 0.25) is 0 Å². The fourth-order valence-electron chi connectivity index (χ4n) is 2.06. The number of hydrogen-bond acceptors (Lipinski definition) is 3. The molecule has 0 atom stereocenters. The average molecular weight is 234 g/mol. The van der Waals surface area contributed by atoms with E-state index in [0.717, 1.165) is 22.2 Å². The lowest BCUT2D eigenvalue weighted by atomic mass is 10.2. The summed E-state index contributed by atoms with van der Waals surface area (Å²) >= 11 is 0. The van der Waals surface area contributed by atoms with Gasteiger partial charge in [-0.1, -0.05) is 0 Å². The van der Waals surface area contributed by atoms with E-state index in [4.69, 9.17) is 15.5 Å². The third kappa shape index (κ3) is 2.14. The van der Waals surface area contributed by atoms with Gasteiger partial charge in [-0.3, -0.25) is 4.84 Å². The van der Waals surface area contributed by atoms with Crippen LogP contribution in [0.3, 0.4) is 0 Å². The number of benzene rings is 1. The maximum atomic E-state index is 5.26. The molecule has 92 valence electrons. The second kappa shape index (κ2) is 4.77. The Morgan fingerprint density at radius 3 is 2.71 bits per heavy atom. The third-order valence-corrected chi connectivity index (χ3v) is 2.92. The molecule has 17 heavy (non-hydrogen) atoms. The van der Waals surface area contributed by atoms with Crippen LogP contribution >= 0.6 is 0 Å². The molecule has 0 aliphatic heterocycles. The smallest absolute Gasteiger partial charge is 0.120 e. The molecule has 4 heteroatoms. The van der Waals surface area contributed by atoms with E-state index in [-0.39, 0.29) is 0 Å². The second-order valence-electron chi connectivity index (χ2n) is 4.35. The molecule has 2 rings (SSSR count). The van der Waals surface area contributed by atoms with E-state index < -0.39 is 0 Å². The van der Waals surface area contributed by atoms with Crippen molar-refractivity contribution in [3.05, 3.63) is 30.0 Å². The Hall–Kier alpha value is -1.52. The number of rotatable bonds is 4. The van der Waals surface area contributed by atoms with Crippen molar-refractivity contribution in [3.8, 4) is 5.75 Å². The highest BCUT2D eigenvalue weighted by molar-refractivity contribution is 5.85. The SMILES string of the molecule is COc1ccc2c(CON)cn(C(C)C)c2c1. The van der Waals surface area contributed by atoms with E-state index in [1.807, 2.05) is 18.2 Å². The van der Waals surface area contributed by atoms with Gasteiger partial charge in [-0.15, -0.1) is 0 Å². The van der Waals surface area contributed by atoms with E-state index >= 15 is 0 Å². The molecule has 1 heterocycles. The van der Waals surface area contributed by atoms with Crippen LogP contribution < -0.4 is 10.6 Å². The fraction of sp³-hybridized carbons (Fsp3) is 0.385. The van der Waals surface area contributed by atoms with Crippen LogP contribution in [0, 0.1) is 0 Å². The van der Waals surface area contributed by atoms with Crippen molar-refractivity contribution in [3.63, 3.8) is 0 Å². The summed E-state index contributed by atoms with van der Waals surface area (Å²) in [7, 11) is 1.67. The largest absolute Gasteiger partial charge is 0.497 e. The predicted molar refractivity (Wildman–Crippen MR) is 67.9 cm³/mol.